The second-order valence-electron chi connectivity index (χ2n) is 5.49. The Balaban J connectivity index is 2.19. The number of carbonyl (C=O) groups excluding carboxylic acids is 1. The van der Waals surface area contributed by atoms with E-state index in [2.05, 4.69) is 10.3 Å². The standard InChI is InChI=1S/C16H17N5O5/c1-2-26-15(22)13-12(9-18-23)19-16-17-6-7-20(16)14(13)10-4-3-5-11(8-10)21(24)25/h3-8,14,18,23H,2,9H2,1H3,(H,17,19). The number of nitro benzene ring substituents is 1. The Hall–Kier alpha value is -3.24. The summed E-state index contributed by atoms with van der Waals surface area (Å²) in [5.74, 6) is -0.138. The van der Waals surface area contributed by atoms with Gasteiger partial charge in [0.1, 0.15) is 0 Å². The number of carbonyl (C=O) groups is 1. The first-order valence-corrected chi connectivity index (χ1v) is 7.88. The molecule has 0 fully saturated rings. The molecule has 10 nitrogen and oxygen atoms in total. The Morgan fingerprint density at radius 3 is 3.04 bits per heavy atom. The second kappa shape index (κ2) is 7.33. The average Bonchev–Trinajstić information content (AvgIpc) is 3.09. The molecule has 3 N–H and O–H groups in total. The van der Waals surface area contributed by atoms with Gasteiger partial charge in [0.2, 0.25) is 5.95 Å². The van der Waals surface area contributed by atoms with Crippen LogP contribution in [0.3, 0.4) is 0 Å². The summed E-state index contributed by atoms with van der Waals surface area (Å²) in [6, 6.07) is 5.34. The molecule has 0 amide bonds. The first-order chi connectivity index (χ1) is 12.6. The number of benzene rings is 1. The molecule has 0 aliphatic carbocycles. The third kappa shape index (κ3) is 3.15. The van der Waals surface area contributed by atoms with E-state index in [9.17, 15) is 14.9 Å². The summed E-state index contributed by atoms with van der Waals surface area (Å²) in [5.41, 5.74) is 3.06. The Morgan fingerprint density at radius 2 is 2.35 bits per heavy atom. The monoisotopic (exact) mass is 359 g/mol. The third-order valence-corrected chi connectivity index (χ3v) is 3.96. The Labute approximate surface area is 148 Å². The van der Waals surface area contributed by atoms with Crippen molar-refractivity contribution < 1.29 is 19.7 Å². The van der Waals surface area contributed by atoms with Gasteiger partial charge in [0, 0.05) is 30.2 Å². The van der Waals surface area contributed by atoms with E-state index in [1.807, 2.05) is 5.48 Å². The van der Waals surface area contributed by atoms with E-state index < -0.39 is 16.9 Å². The van der Waals surface area contributed by atoms with Crippen molar-refractivity contribution >= 4 is 17.6 Å². The van der Waals surface area contributed by atoms with Gasteiger partial charge in [-0.05, 0) is 12.5 Å². The molecule has 1 aromatic heterocycles. The van der Waals surface area contributed by atoms with Crippen molar-refractivity contribution in [2.75, 3.05) is 18.5 Å². The van der Waals surface area contributed by atoms with Crippen LogP contribution in [0.1, 0.15) is 18.5 Å². The molecule has 0 saturated carbocycles. The molecule has 2 heterocycles. The van der Waals surface area contributed by atoms with Crippen molar-refractivity contribution in [3.63, 3.8) is 0 Å². The fourth-order valence-electron chi connectivity index (χ4n) is 2.92. The summed E-state index contributed by atoms with van der Waals surface area (Å²) in [7, 11) is 0. The average molecular weight is 359 g/mol. The Bertz CT molecular complexity index is 875. The minimum Gasteiger partial charge on any atom is -0.463 e. The van der Waals surface area contributed by atoms with E-state index in [1.165, 1.54) is 12.1 Å². The van der Waals surface area contributed by atoms with E-state index in [0.29, 0.717) is 17.2 Å². The van der Waals surface area contributed by atoms with Crippen molar-refractivity contribution in [1.29, 1.82) is 0 Å². The van der Waals surface area contributed by atoms with Crippen LogP contribution in [-0.2, 0) is 9.53 Å². The molecule has 136 valence electrons. The van der Waals surface area contributed by atoms with Gasteiger partial charge in [-0.2, -0.15) is 5.48 Å². The molecular weight excluding hydrogens is 342 g/mol. The molecule has 1 aliphatic rings. The third-order valence-electron chi connectivity index (χ3n) is 3.96. The van der Waals surface area contributed by atoms with Gasteiger partial charge in [-0.25, -0.2) is 9.78 Å². The summed E-state index contributed by atoms with van der Waals surface area (Å²) < 4.78 is 6.85. The highest BCUT2D eigenvalue weighted by atomic mass is 16.6. The van der Waals surface area contributed by atoms with Crippen LogP contribution >= 0.6 is 0 Å². The number of nitrogens with one attached hydrogen (secondary N) is 2. The van der Waals surface area contributed by atoms with Crippen molar-refractivity contribution in [2.24, 2.45) is 0 Å². The molecule has 1 aliphatic heterocycles. The number of hydrogen-bond donors (Lipinski definition) is 3. The maximum absolute atomic E-state index is 12.6. The molecule has 1 aromatic carbocycles. The smallest absolute Gasteiger partial charge is 0.338 e. The minimum atomic E-state index is -0.684. The lowest BCUT2D eigenvalue weighted by atomic mass is 9.94. The molecule has 0 saturated heterocycles. The molecule has 2 aromatic rings. The van der Waals surface area contributed by atoms with E-state index in [-0.39, 0.29) is 24.4 Å². The van der Waals surface area contributed by atoms with Crippen LogP contribution in [0, 0.1) is 10.1 Å². The van der Waals surface area contributed by atoms with Gasteiger partial charge in [-0.1, -0.05) is 12.1 Å². The Kier molecular flexibility index (Phi) is 4.96. The Morgan fingerprint density at radius 1 is 1.54 bits per heavy atom. The van der Waals surface area contributed by atoms with E-state index in [0.717, 1.165) is 0 Å². The zero-order valence-corrected chi connectivity index (χ0v) is 13.9. The summed E-state index contributed by atoms with van der Waals surface area (Å²) in [6.45, 7) is 1.80. The van der Waals surface area contributed by atoms with Gasteiger partial charge in [0.15, 0.2) is 0 Å². The maximum atomic E-state index is 12.6. The van der Waals surface area contributed by atoms with E-state index in [1.54, 1.807) is 36.0 Å². The van der Waals surface area contributed by atoms with Crippen LogP contribution in [-0.4, -0.2) is 38.8 Å². The predicted molar refractivity (Wildman–Crippen MR) is 90.5 cm³/mol. The van der Waals surface area contributed by atoms with Gasteiger partial charge < -0.3 is 19.8 Å². The van der Waals surface area contributed by atoms with Crippen LogP contribution in [0.2, 0.25) is 0 Å². The van der Waals surface area contributed by atoms with Crippen LogP contribution in [0.15, 0.2) is 47.9 Å². The number of hydrogen-bond acceptors (Lipinski definition) is 8. The molecule has 0 bridgehead atoms. The van der Waals surface area contributed by atoms with Gasteiger partial charge in [-0.3, -0.25) is 10.1 Å². The van der Waals surface area contributed by atoms with Crippen LogP contribution in [0.25, 0.3) is 0 Å². The summed E-state index contributed by atoms with van der Waals surface area (Å²) >= 11 is 0. The number of aromatic nitrogens is 2. The molecule has 0 spiro atoms. The number of esters is 1. The van der Waals surface area contributed by atoms with Crippen molar-refractivity contribution in [2.45, 2.75) is 13.0 Å². The molecule has 1 atom stereocenters. The van der Waals surface area contributed by atoms with Crippen molar-refractivity contribution in [1.82, 2.24) is 15.0 Å². The first kappa shape index (κ1) is 17.6. The zero-order chi connectivity index (χ0) is 18.7. The number of anilines is 1. The molecule has 0 radical (unpaired) electrons. The number of nitro groups is 1. The number of imidazole rings is 1. The largest absolute Gasteiger partial charge is 0.463 e. The quantitative estimate of drug-likeness (QED) is 0.403. The molecular formula is C16H17N5O5. The first-order valence-electron chi connectivity index (χ1n) is 7.88. The molecule has 1 unspecified atom stereocenters. The zero-order valence-electron chi connectivity index (χ0n) is 13.9. The van der Waals surface area contributed by atoms with E-state index in [4.69, 9.17) is 9.94 Å². The summed E-state index contributed by atoms with van der Waals surface area (Å²) in [5, 5.41) is 23.2. The SMILES string of the molecule is CCOC(=O)C1=C(CNO)Nc2nccn2C1c1cccc([N+](=O)[O-])c1. The van der Waals surface area contributed by atoms with Gasteiger partial charge in [0.25, 0.3) is 5.69 Å². The number of ether oxygens (including phenoxy) is 1. The molecule has 10 heteroatoms. The number of nitrogens with zero attached hydrogens (tertiary/aromatic N) is 3. The number of non-ortho nitro benzene ring substituents is 1. The van der Waals surface area contributed by atoms with E-state index >= 15 is 0 Å². The lowest BCUT2D eigenvalue weighted by Crippen LogP contribution is -2.33. The van der Waals surface area contributed by atoms with Crippen molar-refractivity contribution in [3.05, 3.63) is 63.6 Å². The lowest BCUT2D eigenvalue weighted by molar-refractivity contribution is -0.384. The minimum absolute atomic E-state index is 0.0492. The highest BCUT2D eigenvalue weighted by Gasteiger charge is 2.35. The fourth-order valence-corrected chi connectivity index (χ4v) is 2.92. The highest BCUT2D eigenvalue weighted by molar-refractivity contribution is 5.92. The van der Waals surface area contributed by atoms with Crippen LogP contribution in [0.5, 0.6) is 0 Å². The highest BCUT2D eigenvalue weighted by Crippen LogP contribution is 2.37. The van der Waals surface area contributed by atoms with Gasteiger partial charge >= 0.3 is 5.97 Å². The summed E-state index contributed by atoms with van der Waals surface area (Å²) in [6.07, 6.45) is 3.21. The molecule has 26 heavy (non-hydrogen) atoms. The molecule has 3 rings (SSSR count). The number of rotatable bonds is 6. The normalized spacial score (nSPS) is 16.0. The van der Waals surface area contributed by atoms with Gasteiger partial charge in [0.05, 0.1) is 29.7 Å². The van der Waals surface area contributed by atoms with Crippen molar-refractivity contribution in [3.8, 4) is 0 Å². The van der Waals surface area contributed by atoms with Crippen LogP contribution in [0.4, 0.5) is 11.6 Å². The number of fused-ring (bicyclic) bond motifs is 1. The second-order valence-corrected chi connectivity index (χ2v) is 5.49. The van der Waals surface area contributed by atoms with Gasteiger partial charge in [-0.15, -0.1) is 0 Å². The maximum Gasteiger partial charge on any atom is 0.338 e. The summed E-state index contributed by atoms with van der Waals surface area (Å²) in [4.78, 5) is 27.5. The van der Waals surface area contributed by atoms with Crippen LogP contribution < -0.4 is 10.8 Å². The fraction of sp³-hybridized carbons (Fsp3) is 0.250. The number of hydroxylamine groups is 1. The predicted octanol–water partition coefficient (Wildman–Crippen LogP) is 1.60. The lowest BCUT2D eigenvalue weighted by Gasteiger charge is -2.30. The topological polar surface area (TPSA) is 132 Å².